The molecule has 71 valence electrons. The van der Waals surface area contributed by atoms with Gasteiger partial charge < -0.3 is 5.32 Å². The molecule has 1 rings (SSSR count). The van der Waals surface area contributed by atoms with Gasteiger partial charge in [0.05, 0.1) is 0 Å². The second kappa shape index (κ2) is 4.86. The van der Waals surface area contributed by atoms with E-state index < -0.39 is 0 Å². The molecule has 12 heavy (non-hydrogen) atoms. The summed E-state index contributed by atoms with van der Waals surface area (Å²) in [5.74, 6) is 0. The third kappa shape index (κ3) is 2.48. The summed E-state index contributed by atoms with van der Waals surface area (Å²) in [7, 11) is 0. The van der Waals surface area contributed by atoms with Gasteiger partial charge in [-0.3, -0.25) is 0 Å². The van der Waals surface area contributed by atoms with Crippen LogP contribution in [0.2, 0.25) is 0 Å². The molecule has 1 nitrogen and oxygen atoms in total. The fraction of sp³-hybridized carbons (Fsp3) is 0.909. The van der Waals surface area contributed by atoms with Crippen molar-refractivity contribution < 1.29 is 0 Å². The maximum Gasteiger partial charge on any atom is 0.0282 e. The molecule has 0 aromatic carbocycles. The van der Waals surface area contributed by atoms with E-state index in [0.29, 0.717) is 5.41 Å². The Labute approximate surface area is 76.9 Å². The molecule has 1 aliphatic rings. The molecule has 1 fully saturated rings. The van der Waals surface area contributed by atoms with Gasteiger partial charge in [0.1, 0.15) is 0 Å². The van der Waals surface area contributed by atoms with Crippen LogP contribution in [0.1, 0.15) is 52.4 Å². The molecule has 0 unspecified atom stereocenters. The lowest BCUT2D eigenvalue weighted by Crippen LogP contribution is -2.30. The molecule has 0 spiro atoms. The molecular weight excluding hydrogens is 146 g/mol. The van der Waals surface area contributed by atoms with Gasteiger partial charge in [-0.15, -0.1) is 0 Å². The zero-order chi connectivity index (χ0) is 8.86. The van der Waals surface area contributed by atoms with Gasteiger partial charge in [-0.2, -0.15) is 0 Å². The van der Waals surface area contributed by atoms with Gasteiger partial charge in [-0.05, 0) is 37.6 Å². The molecule has 1 N–H and O–H groups in total. The fourth-order valence-electron chi connectivity index (χ4n) is 2.05. The molecule has 0 atom stereocenters. The number of hydrogen-bond donors (Lipinski definition) is 1. The smallest absolute Gasteiger partial charge is 0.0282 e. The number of rotatable bonds is 2. The Bertz CT molecular complexity index is 106. The zero-order valence-corrected chi connectivity index (χ0v) is 8.53. The number of hydrogen-bond acceptors (Lipinski definition) is 1. The van der Waals surface area contributed by atoms with Gasteiger partial charge in [-0.1, -0.05) is 26.7 Å². The summed E-state index contributed by atoms with van der Waals surface area (Å²) in [6.07, 6.45) is 8.13. The summed E-state index contributed by atoms with van der Waals surface area (Å²) in [5.41, 5.74) is 0.500. The molecule has 1 radical (unpaired) electrons. The van der Waals surface area contributed by atoms with Crippen molar-refractivity contribution in [3.05, 3.63) is 6.54 Å². The molecule has 1 saturated heterocycles. The summed E-state index contributed by atoms with van der Waals surface area (Å²) in [5, 5.41) is 3.46. The predicted molar refractivity (Wildman–Crippen MR) is 53.8 cm³/mol. The maximum absolute atomic E-state index is 3.46. The minimum atomic E-state index is 0.500. The lowest BCUT2D eigenvalue weighted by Gasteiger charge is -2.33. The van der Waals surface area contributed by atoms with E-state index in [1.54, 1.807) is 0 Å². The van der Waals surface area contributed by atoms with Crippen LogP contribution in [-0.2, 0) is 0 Å². The zero-order valence-electron chi connectivity index (χ0n) is 8.53. The third-order valence-corrected chi connectivity index (χ3v) is 3.31. The van der Waals surface area contributed by atoms with Crippen LogP contribution in [0, 0.1) is 12.0 Å². The molecule has 0 aliphatic carbocycles. The van der Waals surface area contributed by atoms with Crippen molar-refractivity contribution in [3.8, 4) is 0 Å². The predicted octanol–water partition coefficient (Wildman–Crippen LogP) is 3.12. The second-order valence-corrected chi connectivity index (χ2v) is 3.98. The molecule has 0 amide bonds. The van der Waals surface area contributed by atoms with E-state index in [1.807, 2.05) is 0 Å². The standard InChI is InChI=1S/C11H22N/c1-3-11(4-2)8-6-5-7-9-12-10-11/h10,12H,3-9H2,1-2H3. The summed E-state index contributed by atoms with van der Waals surface area (Å²) >= 11 is 0. The Morgan fingerprint density at radius 1 is 1.17 bits per heavy atom. The first-order valence-corrected chi connectivity index (χ1v) is 5.41. The SMILES string of the molecule is CCC1(CC)[CH]NCCCCC1. The van der Waals surface area contributed by atoms with Gasteiger partial charge in [0, 0.05) is 6.54 Å². The summed E-state index contributed by atoms with van der Waals surface area (Å²) in [6, 6.07) is 0. The lowest BCUT2D eigenvalue weighted by atomic mass is 9.77. The topological polar surface area (TPSA) is 12.0 Å². The average Bonchev–Trinajstić information content (AvgIpc) is 2.06. The molecule has 0 aromatic heterocycles. The summed E-state index contributed by atoms with van der Waals surface area (Å²) in [4.78, 5) is 0. The highest BCUT2D eigenvalue weighted by molar-refractivity contribution is 4.89. The lowest BCUT2D eigenvalue weighted by molar-refractivity contribution is 0.252. The van der Waals surface area contributed by atoms with E-state index in [4.69, 9.17) is 0 Å². The van der Waals surface area contributed by atoms with Crippen LogP contribution >= 0.6 is 0 Å². The van der Waals surface area contributed by atoms with Crippen molar-refractivity contribution in [2.75, 3.05) is 6.54 Å². The van der Waals surface area contributed by atoms with Gasteiger partial charge in [0.15, 0.2) is 0 Å². The molecule has 0 saturated carbocycles. The van der Waals surface area contributed by atoms with Crippen LogP contribution in [0.3, 0.4) is 0 Å². The van der Waals surface area contributed by atoms with E-state index in [9.17, 15) is 0 Å². The molecule has 1 aliphatic heterocycles. The fourth-order valence-corrected chi connectivity index (χ4v) is 2.05. The summed E-state index contributed by atoms with van der Waals surface area (Å²) in [6.45, 7) is 8.17. The van der Waals surface area contributed by atoms with E-state index in [1.165, 1.54) is 45.1 Å². The highest BCUT2D eigenvalue weighted by atomic mass is 14.9. The van der Waals surface area contributed by atoms with Crippen LogP contribution < -0.4 is 5.32 Å². The van der Waals surface area contributed by atoms with Crippen LogP contribution in [0.4, 0.5) is 0 Å². The van der Waals surface area contributed by atoms with Crippen molar-refractivity contribution >= 4 is 0 Å². The van der Waals surface area contributed by atoms with E-state index in [0.717, 1.165) is 0 Å². The van der Waals surface area contributed by atoms with Crippen LogP contribution in [-0.4, -0.2) is 6.54 Å². The van der Waals surface area contributed by atoms with Crippen LogP contribution in [0.5, 0.6) is 0 Å². The van der Waals surface area contributed by atoms with Gasteiger partial charge in [0.2, 0.25) is 0 Å². The van der Waals surface area contributed by atoms with Gasteiger partial charge in [-0.25, -0.2) is 0 Å². The first kappa shape index (κ1) is 10.0. The van der Waals surface area contributed by atoms with Gasteiger partial charge >= 0.3 is 0 Å². The van der Waals surface area contributed by atoms with Crippen LogP contribution in [0.15, 0.2) is 0 Å². The Balaban J connectivity index is 2.45. The molecule has 1 heterocycles. The van der Waals surface area contributed by atoms with Crippen molar-refractivity contribution in [3.63, 3.8) is 0 Å². The molecule has 0 bridgehead atoms. The largest absolute Gasteiger partial charge is 0.312 e. The van der Waals surface area contributed by atoms with Crippen molar-refractivity contribution in [1.82, 2.24) is 5.32 Å². The summed E-state index contributed by atoms with van der Waals surface area (Å²) < 4.78 is 0. The number of nitrogens with one attached hydrogen (secondary N) is 1. The second-order valence-electron chi connectivity index (χ2n) is 3.98. The minimum Gasteiger partial charge on any atom is -0.312 e. The highest BCUT2D eigenvalue weighted by Crippen LogP contribution is 2.35. The Hall–Kier alpha value is -0.0400. The van der Waals surface area contributed by atoms with Crippen molar-refractivity contribution in [2.24, 2.45) is 5.41 Å². The van der Waals surface area contributed by atoms with Crippen LogP contribution in [0.25, 0.3) is 0 Å². The average molecular weight is 168 g/mol. The Kier molecular flexibility index (Phi) is 4.07. The monoisotopic (exact) mass is 168 g/mol. The first-order valence-electron chi connectivity index (χ1n) is 5.41. The molecular formula is C11H22N. The normalized spacial score (nSPS) is 24.5. The van der Waals surface area contributed by atoms with Crippen molar-refractivity contribution in [1.29, 1.82) is 0 Å². The first-order chi connectivity index (χ1) is 5.83. The van der Waals surface area contributed by atoms with Crippen molar-refractivity contribution in [2.45, 2.75) is 52.4 Å². The Morgan fingerprint density at radius 2 is 1.92 bits per heavy atom. The highest BCUT2D eigenvalue weighted by Gasteiger charge is 2.26. The van der Waals surface area contributed by atoms with E-state index in [-0.39, 0.29) is 0 Å². The Morgan fingerprint density at radius 3 is 2.58 bits per heavy atom. The maximum atomic E-state index is 3.46. The third-order valence-electron chi connectivity index (χ3n) is 3.31. The van der Waals surface area contributed by atoms with E-state index >= 15 is 0 Å². The molecule has 0 aromatic rings. The quantitative estimate of drug-likeness (QED) is 0.668. The van der Waals surface area contributed by atoms with E-state index in [2.05, 4.69) is 25.7 Å². The minimum absolute atomic E-state index is 0.500. The molecule has 1 heteroatoms. The van der Waals surface area contributed by atoms with Gasteiger partial charge in [0.25, 0.3) is 0 Å².